The Kier molecular flexibility index (Phi) is 19.7. The summed E-state index contributed by atoms with van der Waals surface area (Å²) in [4.78, 5) is 12.0. The van der Waals surface area contributed by atoms with Crippen LogP contribution < -0.4 is 5.32 Å². The molecule has 0 saturated heterocycles. The number of hydrogen-bond donors (Lipinski definition) is 1. The van der Waals surface area contributed by atoms with E-state index < -0.39 is 0 Å². The van der Waals surface area contributed by atoms with E-state index in [0.29, 0.717) is 18.5 Å². The molecule has 29 heavy (non-hydrogen) atoms. The van der Waals surface area contributed by atoms with Crippen molar-refractivity contribution < 1.29 is 9.18 Å². The fourth-order valence-electron chi connectivity index (χ4n) is 3.55. The van der Waals surface area contributed by atoms with E-state index in [4.69, 9.17) is 0 Å². The normalized spacial score (nSPS) is 10.7. The summed E-state index contributed by atoms with van der Waals surface area (Å²) >= 11 is 0. The van der Waals surface area contributed by atoms with Gasteiger partial charge in [-0.25, -0.2) is 4.39 Å². The quantitative estimate of drug-likeness (QED) is 0.179. The molecule has 0 bridgehead atoms. The maximum atomic E-state index is 12.8. The largest absolute Gasteiger partial charge is 0.316 e. The van der Waals surface area contributed by atoms with Gasteiger partial charge in [-0.1, -0.05) is 90.4 Å². The molecule has 0 atom stereocenters. The predicted octanol–water partition coefficient (Wildman–Crippen LogP) is 7.89. The number of carbonyl (C=O) groups is 1. The van der Waals surface area contributed by atoms with E-state index in [-0.39, 0.29) is 24.0 Å². The van der Waals surface area contributed by atoms with Crippen LogP contribution in [0.3, 0.4) is 0 Å². The average Bonchev–Trinajstić information content (AvgIpc) is 2.70. The fourth-order valence-corrected chi connectivity index (χ4v) is 3.55. The zero-order chi connectivity index (χ0) is 20.3. The highest BCUT2D eigenvalue weighted by Crippen LogP contribution is 2.12. The lowest BCUT2D eigenvalue weighted by Gasteiger charge is -2.05. The van der Waals surface area contributed by atoms with E-state index in [1.807, 2.05) is 0 Å². The Balaban J connectivity index is 0.00000784. The molecule has 0 heterocycles. The van der Waals surface area contributed by atoms with E-state index in [9.17, 15) is 9.18 Å². The molecule has 0 radical (unpaired) electrons. The molecule has 2 nitrogen and oxygen atoms in total. The van der Waals surface area contributed by atoms with E-state index >= 15 is 0 Å². The first kappa shape index (κ1) is 28.1. The van der Waals surface area contributed by atoms with Crippen LogP contribution in [0.5, 0.6) is 0 Å². The third-order valence-corrected chi connectivity index (χ3v) is 5.40. The van der Waals surface area contributed by atoms with Crippen molar-refractivity contribution in [1.29, 1.82) is 0 Å². The molecular weight excluding hydrogens is 385 g/mol. The number of carbonyl (C=O) groups excluding carboxylic acids is 1. The van der Waals surface area contributed by atoms with Gasteiger partial charge in [-0.3, -0.25) is 4.79 Å². The molecular formula is C25H43ClFNO. The smallest absolute Gasteiger partial charge is 0.164 e. The predicted molar refractivity (Wildman–Crippen MR) is 126 cm³/mol. The van der Waals surface area contributed by atoms with Gasteiger partial charge in [0.05, 0.1) is 0 Å². The zero-order valence-electron chi connectivity index (χ0n) is 18.5. The summed E-state index contributed by atoms with van der Waals surface area (Å²) in [7, 11) is 0. The van der Waals surface area contributed by atoms with E-state index in [1.165, 1.54) is 102 Å². The molecule has 0 aromatic heterocycles. The third kappa shape index (κ3) is 16.5. The van der Waals surface area contributed by atoms with Gasteiger partial charge in [-0.15, -0.1) is 12.4 Å². The Bertz CT molecular complexity index is 492. The first-order valence-corrected chi connectivity index (χ1v) is 11.7. The molecule has 0 aliphatic heterocycles. The molecule has 1 rings (SSSR count). The molecule has 4 heteroatoms. The van der Waals surface area contributed by atoms with E-state index in [0.717, 1.165) is 6.54 Å². The number of benzene rings is 1. The van der Waals surface area contributed by atoms with Crippen LogP contribution in [0.15, 0.2) is 24.3 Å². The highest BCUT2D eigenvalue weighted by atomic mass is 35.5. The van der Waals surface area contributed by atoms with Crippen LogP contribution in [0, 0.1) is 5.82 Å². The van der Waals surface area contributed by atoms with Crippen LogP contribution in [0.1, 0.15) is 114 Å². The van der Waals surface area contributed by atoms with Gasteiger partial charge in [0.1, 0.15) is 5.82 Å². The van der Waals surface area contributed by atoms with Crippen LogP contribution in [-0.2, 0) is 0 Å². The Morgan fingerprint density at radius 1 is 0.724 bits per heavy atom. The number of hydrogen-bond acceptors (Lipinski definition) is 2. The molecule has 0 spiro atoms. The summed E-state index contributed by atoms with van der Waals surface area (Å²) in [5, 5.41) is 3.35. The van der Waals surface area contributed by atoms with Crippen LogP contribution >= 0.6 is 12.4 Å². The van der Waals surface area contributed by atoms with Crippen molar-refractivity contribution in [3.8, 4) is 0 Å². The van der Waals surface area contributed by atoms with Crippen molar-refractivity contribution in [2.24, 2.45) is 0 Å². The standard InChI is InChI=1S/C25H42FNO.ClH/c1-2-3-4-5-6-7-8-9-10-11-12-13-14-15-21-27-22-20-25(28)23-16-18-24(26)19-17-23;/h16-19,27H,2-15,20-22H2,1H3;1H. The fraction of sp³-hybridized carbons (Fsp3) is 0.720. The summed E-state index contributed by atoms with van der Waals surface area (Å²) in [5.74, 6) is -0.221. The number of Topliss-reactive ketones (excluding diaryl/α,β-unsaturated/α-hetero) is 1. The minimum atomic E-state index is -0.299. The summed E-state index contributed by atoms with van der Waals surface area (Å²) < 4.78 is 12.8. The Morgan fingerprint density at radius 3 is 1.66 bits per heavy atom. The van der Waals surface area contributed by atoms with Gasteiger partial charge in [-0.05, 0) is 37.2 Å². The highest BCUT2D eigenvalue weighted by molar-refractivity contribution is 5.96. The van der Waals surface area contributed by atoms with Gasteiger partial charge >= 0.3 is 0 Å². The van der Waals surface area contributed by atoms with Gasteiger partial charge in [0, 0.05) is 18.5 Å². The molecule has 0 fully saturated rings. The van der Waals surface area contributed by atoms with Gasteiger partial charge in [0.2, 0.25) is 0 Å². The zero-order valence-corrected chi connectivity index (χ0v) is 19.3. The maximum absolute atomic E-state index is 12.8. The lowest BCUT2D eigenvalue weighted by Crippen LogP contribution is -2.19. The van der Waals surface area contributed by atoms with Gasteiger partial charge in [0.15, 0.2) is 5.78 Å². The number of rotatable bonds is 19. The lowest BCUT2D eigenvalue weighted by molar-refractivity contribution is 0.0982. The summed E-state index contributed by atoms with van der Waals surface area (Å²) in [6, 6.07) is 5.81. The lowest BCUT2D eigenvalue weighted by atomic mass is 10.0. The van der Waals surface area contributed by atoms with Crippen LogP contribution in [0.2, 0.25) is 0 Å². The van der Waals surface area contributed by atoms with Crippen molar-refractivity contribution in [3.05, 3.63) is 35.6 Å². The summed E-state index contributed by atoms with van der Waals surface area (Å²) in [5.41, 5.74) is 0.597. The molecule has 1 aromatic rings. The monoisotopic (exact) mass is 427 g/mol. The second-order valence-electron chi connectivity index (χ2n) is 8.03. The van der Waals surface area contributed by atoms with E-state index in [2.05, 4.69) is 12.2 Å². The Hall–Kier alpha value is -0.930. The highest BCUT2D eigenvalue weighted by Gasteiger charge is 2.05. The molecule has 168 valence electrons. The van der Waals surface area contributed by atoms with Crippen LogP contribution in [0.4, 0.5) is 4.39 Å². The second-order valence-corrected chi connectivity index (χ2v) is 8.03. The van der Waals surface area contributed by atoms with Gasteiger partial charge < -0.3 is 5.32 Å². The molecule has 0 amide bonds. The first-order chi connectivity index (χ1) is 13.7. The van der Waals surface area contributed by atoms with Gasteiger partial charge in [0.25, 0.3) is 0 Å². The third-order valence-electron chi connectivity index (χ3n) is 5.40. The number of unbranched alkanes of at least 4 members (excludes halogenated alkanes) is 13. The SMILES string of the molecule is CCCCCCCCCCCCCCCCNCCC(=O)c1ccc(F)cc1.Cl. The van der Waals surface area contributed by atoms with E-state index in [1.54, 1.807) is 12.1 Å². The van der Waals surface area contributed by atoms with Gasteiger partial charge in [-0.2, -0.15) is 0 Å². The first-order valence-electron chi connectivity index (χ1n) is 11.7. The molecule has 0 saturated carbocycles. The van der Waals surface area contributed by atoms with Crippen LogP contribution in [-0.4, -0.2) is 18.9 Å². The topological polar surface area (TPSA) is 29.1 Å². The Morgan fingerprint density at radius 2 is 1.17 bits per heavy atom. The van der Waals surface area contributed by atoms with Crippen molar-refractivity contribution in [1.82, 2.24) is 5.32 Å². The molecule has 0 unspecified atom stereocenters. The molecule has 1 N–H and O–H groups in total. The Labute approximate surface area is 184 Å². The van der Waals surface area contributed by atoms with Crippen molar-refractivity contribution in [2.45, 2.75) is 103 Å². The molecule has 0 aliphatic rings. The molecule has 1 aromatic carbocycles. The summed E-state index contributed by atoms with van der Waals surface area (Å²) in [6.07, 6.45) is 19.7. The minimum absolute atomic E-state index is 0. The maximum Gasteiger partial charge on any atom is 0.164 e. The number of halogens is 2. The van der Waals surface area contributed by atoms with Crippen LogP contribution in [0.25, 0.3) is 0 Å². The average molecular weight is 428 g/mol. The van der Waals surface area contributed by atoms with Crippen molar-refractivity contribution in [2.75, 3.05) is 13.1 Å². The summed E-state index contributed by atoms with van der Waals surface area (Å²) in [6.45, 7) is 3.96. The minimum Gasteiger partial charge on any atom is -0.316 e. The van der Waals surface area contributed by atoms with Crippen molar-refractivity contribution >= 4 is 18.2 Å². The van der Waals surface area contributed by atoms with Crippen molar-refractivity contribution in [3.63, 3.8) is 0 Å². The number of ketones is 1. The molecule has 0 aliphatic carbocycles. The number of nitrogens with one attached hydrogen (secondary N) is 1. The second kappa shape index (κ2) is 20.3.